The fourth-order valence-corrected chi connectivity index (χ4v) is 5.25. The molecule has 0 aromatic carbocycles. The number of hydrogen-bond acceptors (Lipinski definition) is 3. The van der Waals surface area contributed by atoms with Crippen LogP contribution in [0.3, 0.4) is 0 Å². The Morgan fingerprint density at radius 1 is 1.27 bits per heavy atom. The summed E-state index contributed by atoms with van der Waals surface area (Å²) in [6.45, 7) is 2.86. The standard InChI is InChI=1S/C18H32N2O2/c1-3-22-16-12-15(18(16)9-4-5-10-18)20(2)17(21)11-13-7-6-8-14(13)19/h13-16H,3-12,19H2,1-2H3/t13-,14+,15?,16?/m0/s1. The van der Waals surface area contributed by atoms with Gasteiger partial charge in [-0.2, -0.15) is 0 Å². The van der Waals surface area contributed by atoms with Crippen LogP contribution in [0, 0.1) is 11.3 Å². The summed E-state index contributed by atoms with van der Waals surface area (Å²) in [6.07, 6.45) is 10.4. The van der Waals surface area contributed by atoms with Crippen LogP contribution >= 0.6 is 0 Å². The molecule has 4 heteroatoms. The second-order valence-electron chi connectivity index (χ2n) is 7.70. The van der Waals surface area contributed by atoms with Gasteiger partial charge in [0.25, 0.3) is 0 Å². The molecule has 3 aliphatic rings. The van der Waals surface area contributed by atoms with Gasteiger partial charge in [0.15, 0.2) is 0 Å². The number of carbonyl (C=O) groups is 1. The Morgan fingerprint density at radius 3 is 2.59 bits per heavy atom. The van der Waals surface area contributed by atoms with E-state index in [1.54, 1.807) is 0 Å². The van der Waals surface area contributed by atoms with E-state index in [2.05, 4.69) is 6.92 Å². The second kappa shape index (κ2) is 6.48. The summed E-state index contributed by atoms with van der Waals surface area (Å²) < 4.78 is 5.97. The first-order chi connectivity index (χ1) is 10.6. The van der Waals surface area contributed by atoms with Crippen LogP contribution in [0.4, 0.5) is 0 Å². The Labute approximate surface area is 134 Å². The lowest BCUT2D eigenvalue weighted by Gasteiger charge is -2.57. The van der Waals surface area contributed by atoms with Crippen molar-refractivity contribution in [3.05, 3.63) is 0 Å². The third-order valence-electron chi connectivity index (χ3n) is 6.66. The molecule has 3 aliphatic carbocycles. The average molecular weight is 308 g/mol. The van der Waals surface area contributed by atoms with Crippen molar-refractivity contribution in [2.75, 3.05) is 13.7 Å². The minimum Gasteiger partial charge on any atom is -0.378 e. The first kappa shape index (κ1) is 16.3. The third kappa shape index (κ3) is 2.69. The molecule has 1 spiro atoms. The molecule has 0 heterocycles. The molecule has 0 radical (unpaired) electrons. The van der Waals surface area contributed by atoms with Gasteiger partial charge in [0.1, 0.15) is 0 Å². The van der Waals surface area contributed by atoms with Crippen molar-refractivity contribution >= 4 is 5.91 Å². The van der Waals surface area contributed by atoms with Crippen LogP contribution in [0.15, 0.2) is 0 Å². The normalized spacial score (nSPS) is 36.5. The monoisotopic (exact) mass is 308 g/mol. The zero-order valence-corrected chi connectivity index (χ0v) is 14.2. The van der Waals surface area contributed by atoms with Crippen LogP contribution in [0.1, 0.15) is 64.7 Å². The first-order valence-corrected chi connectivity index (χ1v) is 9.21. The molecule has 3 fully saturated rings. The number of carbonyl (C=O) groups excluding carboxylic acids is 1. The van der Waals surface area contributed by atoms with Crippen LogP contribution < -0.4 is 5.73 Å². The highest BCUT2D eigenvalue weighted by atomic mass is 16.5. The molecule has 2 N–H and O–H groups in total. The molecule has 4 nitrogen and oxygen atoms in total. The summed E-state index contributed by atoms with van der Waals surface area (Å²) in [6, 6.07) is 0.618. The van der Waals surface area contributed by atoms with Crippen LogP contribution in [0.25, 0.3) is 0 Å². The molecule has 0 bridgehead atoms. The molecule has 0 saturated heterocycles. The van der Waals surface area contributed by atoms with Gasteiger partial charge in [-0.25, -0.2) is 0 Å². The molecule has 0 aromatic heterocycles. The van der Waals surface area contributed by atoms with Gasteiger partial charge in [0, 0.05) is 37.6 Å². The van der Waals surface area contributed by atoms with E-state index in [1.807, 2.05) is 11.9 Å². The molecule has 126 valence electrons. The largest absolute Gasteiger partial charge is 0.378 e. The summed E-state index contributed by atoms with van der Waals surface area (Å²) >= 11 is 0. The molecule has 3 rings (SSSR count). The van der Waals surface area contributed by atoms with Crippen molar-refractivity contribution in [1.82, 2.24) is 4.90 Å². The number of rotatable bonds is 5. The molecule has 22 heavy (non-hydrogen) atoms. The minimum atomic E-state index is 0.232. The van der Waals surface area contributed by atoms with Crippen LogP contribution in [0.5, 0.6) is 0 Å². The highest BCUT2D eigenvalue weighted by molar-refractivity contribution is 5.77. The molecule has 3 saturated carbocycles. The first-order valence-electron chi connectivity index (χ1n) is 9.21. The van der Waals surface area contributed by atoms with Gasteiger partial charge in [-0.1, -0.05) is 19.3 Å². The Bertz CT molecular complexity index is 406. The van der Waals surface area contributed by atoms with Crippen LogP contribution in [-0.2, 0) is 9.53 Å². The number of nitrogens with zero attached hydrogens (tertiary/aromatic N) is 1. The van der Waals surface area contributed by atoms with Crippen molar-refractivity contribution in [3.63, 3.8) is 0 Å². The predicted molar refractivity (Wildman–Crippen MR) is 87.4 cm³/mol. The fourth-order valence-electron chi connectivity index (χ4n) is 5.25. The Kier molecular flexibility index (Phi) is 4.79. The van der Waals surface area contributed by atoms with Gasteiger partial charge >= 0.3 is 0 Å². The molecular formula is C18H32N2O2. The van der Waals surface area contributed by atoms with Gasteiger partial charge in [-0.15, -0.1) is 0 Å². The van der Waals surface area contributed by atoms with Crippen molar-refractivity contribution in [2.45, 2.75) is 82.9 Å². The summed E-state index contributed by atoms with van der Waals surface area (Å²) in [4.78, 5) is 14.8. The maximum atomic E-state index is 12.7. The van der Waals surface area contributed by atoms with E-state index in [9.17, 15) is 4.79 Å². The molecule has 1 amide bonds. The summed E-state index contributed by atoms with van der Waals surface area (Å²) in [5.74, 6) is 0.700. The van der Waals surface area contributed by atoms with E-state index in [0.29, 0.717) is 30.4 Å². The van der Waals surface area contributed by atoms with E-state index in [1.165, 1.54) is 32.1 Å². The lowest BCUT2D eigenvalue weighted by molar-refractivity contribution is -0.173. The van der Waals surface area contributed by atoms with Crippen molar-refractivity contribution in [2.24, 2.45) is 17.1 Å². The predicted octanol–water partition coefficient (Wildman–Crippen LogP) is 2.70. The van der Waals surface area contributed by atoms with Gasteiger partial charge in [-0.3, -0.25) is 4.79 Å². The van der Waals surface area contributed by atoms with E-state index in [0.717, 1.165) is 25.9 Å². The third-order valence-corrected chi connectivity index (χ3v) is 6.66. The smallest absolute Gasteiger partial charge is 0.222 e. The SMILES string of the molecule is CCOC1CC(N(C)C(=O)C[C@@H]2CCC[C@H]2N)C12CCCC2. The molecule has 4 atom stereocenters. The molecule has 0 aromatic rings. The van der Waals surface area contributed by atoms with Crippen LogP contribution in [0.2, 0.25) is 0 Å². The highest BCUT2D eigenvalue weighted by Crippen LogP contribution is 2.56. The Morgan fingerprint density at radius 2 is 2.00 bits per heavy atom. The molecular weight excluding hydrogens is 276 g/mol. The maximum Gasteiger partial charge on any atom is 0.222 e. The highest BCUT2D eigenvalue weighted by Gasteiger charge is 2.58. The van der Waals surface area contributed by atoms with Gasteiger partial charge in [0.2, 0.25) is 5.91 Å². The Balaban J connectivity index is 1.61. The molecule has 0 aliphatic heterocycles. The van der Waals surface area contributed by atoms with Crippen molar-refractivity contribution in [1.29, 1.82) is 0 Å². The van der Waals surface area contributed by atoms with Gasteiger partial charge in [-0.05, 0) is 44.9 Å². The van der Waals surface area contributed by atoms with Gasteiger partial charge < -0.3 is 15.4 Å². The van der Waals surface area contributed by atoms with Crippen molar-refractivity contribution in [3.8, 4) is 0 Å². The number of nitrogens with two attached hydrogens (primary N) is 1. The second-order valence-corrected chi connectivity index (χ2v) is 7.70. The van der Waals surface area contributed by atoms with E-state index in [4.69, 9.17) is 10.5 Å². The summed E-state index contributed by atoms with van der Waals surface area (Å²) in [7, 11) is 2.01. The number of ether oxygens (including phenoxy) is 1. The topological polar surface area (TPSA) is 55.6 Å². The number of amides is 1. The zero-order valence-electron chi connectivity index (χ0n) is 14.2. The molecule has 2 unspecified atom stereocenters. The number of hydrogen-bond donors (Lipinski definition) is 1. The Hall–Kier alpha value is -0.610. The van der Waals surface area contributed by atoms with E-state index < -0.39 is 0 Å². The van der Waals surface area contributed by atoms with E-state index >= 15 is 0 Å². The summed E-state index contributed by atoms with van der Waals surface area (Å²) in [5.41, 5.74) is 6.38. The maximum absolute atomic E-state index is 12.7. The van der Waals surface area contributed by atoms with Gasteiger partial charge in [0.05, 0.1) is 6.10 Å². The quantitative estimate of drug-likeness (QED) is 0.849. The van der Waals surface area contributed by atoms with Crippen LogP contribution in [-0.4, -0.2) is 42.6 Å². The van der Waals surface area contributed by atoms with Crippen molar-refractivity contribution < 1.29 is 9.53 Å². The lowest BCUT2D eigenvalue weighted by Crippen LogP contribution is -2.64. The van der Waals surface area contributed by atoms with E-state index in [-0.39, 0.29) is 11.5 Å². The lowest BCUT2D eigenvalue weighted by atomic mass is 9.60. The zero-order chi connectivity index (χ0) is 15.7. The minimum absolute atomic E-state index is 0.232. The fraction of sp³-hybridized carbons (Fsp3) is 0.944. The average Bonchev–Trinajstić information content (AvgIpc) is 3.14. The summed E-state index contributed by atoms with van der Waals surface area (Å²) in [5, 5.41) is 0.